The second-order valence-corrected chi connectivity index (χ2v) is 13.1. The van der Waals surface area contributed by atoms with Crippen molar-refractivity contribution in [2.24, 2.45) is 0 Å². The highest BCUT2D eigenvalue weighted by Crippen LogP contribution is 2.35. The summed E-state index contributed by atoms with van der Waals surface area (Å²) in [5, 5.41) is 14.4. The molecule has 0 unspecified atom stereocenters. The van der Waals surface area contributed by atoms with Crippen LogP contribution in [-0.2, 0) is 23.2 Å². The number of amides is 2. The van der Waals surface area contributed by atoms with E-state index in [9.17, 15) is 14.4 Å². The number of nitrogens with one attached hydrogen (secondary N) is 1. The summed E-state index contributed by atoms with van der Waals surface area (Å²) in [4.78, 5) is 46.4. The molecule has 3 aromatic heterocycles. The highest BCUT2D eigenvalue weighted by atomic mass is 32.1. The Labute approximate surface area is 260 Å². The first-order valence-electron chi connectivity index (χ1n) is 14.7. The molecule has 4 heterocycles. The monoisotopic (exact) mass is 618 g/mol. The first-order chi connectivity index (χ1) is 20.9. The number of ether oxygens (including phenoxy) is 1. The van der Waals surface area contributed by atoms with Gasteiger partial charge >= 0.3 is 6.09 Å². The van der Waals surface area contributed by atoms with Crippen molar-refractivity contribution < 1.29 is 18.7 Å². The molecule has 1 fully saturated rings. The highest BCUT2D eigenvalue weighted by molar-refractivity contribution is 7.09. The average molecular weight is 619 g/mol. The van der Waals surface area contributed by atoms with Crippen LogP contribution >= 0.6 is 11.3 Å². The van der Waals surface area contributed by atoms with Crippen molar-refractivity contribution in [2.75, 3.05) is 6.54 Å². The molecular formula is C32H38N6O5S. The Kier molecular flexibility index (Phi) is 8.73. The molecule has 1 aromatic carbocycles. The zero-order chi connectivity index (χ0) is 31.6. The van der Waals surface area contributed by atoms with Crippen LogP contribution in [0.4, 0.5) is 4.79 Å². The maximum atomic E-state index is 13.8. The second kappa shape index (κ2) is 12.4. The number of hydrogen-bond donors (Lipinski definition) is 1. The number of alkyl carbamates (subject to hydrolysis) is 1. The number of rotatable bonds is 8. The van der Waals surface area contributed by atoms with E-state index >= 15 is 0 Å². The van der Waals surface area contributed by atoms with Gasteiger partial charge in [-0.05, 0) is 66.0 Å². The van der Waals surface area contributed by atoms with Gasteiger partial charge in [-0.25, -0.2) is 9.78 Å². The van der Waals surface area contributed by atoms with E-state index in [4.69, 9.17) is 9.15 Å². The molecule has 0 aliphatic carbocycles. The quantitative estimate of drug-likeness (QED) is 0.268. The van der Waals surface area contributed by atoms with Gasteiger partial charge in [-0.15, -0.1) is 21.5 Å². The van der Waals surface area contributed by atoms with Crippen molar-refractivity contribution in [3.63, 3.8) is 0 Å². The van der Waals surface area contributed by atoms with Crippen LogP contribution in [0.1, 0.15) is 86.0 Å². The fourth-order valence-electron chi connectivity index (χ4n) is 5.44. The molecule has 2 atom stereocenters. The van der Waals surface area contributed by atoms with Crippen molar-refractivity contribution >= 4 is 23.3 Å². The zero-order valence-electron chi connectivity index (χ0n) is 25.9. The lowest BCUT2D eigenvalue weighted by Gasteiger charge is -2.29. The topological polar surface area (TPSA) is 132 Å². The molecule has 12 heteroatoms. The van der Waals surface area contributed by atoms with Crippen molar-refractivity contribution in [3.8, 4) is 11.6 Å². The Hall–Kier alpha value is -4.32. The fourth-order valence-corrected chi connectivity index (χ4v) is 6.38. The van der Waals surface area contributed by atoms with Gasteiger partial charge < -0.3 is 23.9 Å². The summed E-state index contributed by atoms with van der Waals surface area (Å²) in [6, 6.07) is 12.5. The number of hydrogen-bond acceptors (Lipinski definition) is 9. The molecule has 4 aromatic rings. The number of carbonyl (C=O) groups excluding carboxylic acids is 2. The van der Waals surface area contributed by atoms with Gasteiger partial charge in [0.05, 0.1) is 6.04 Å². The van der Waals surface area contributed by atoms with Crippen LogP contribution in [-0.4, -0.2) is 48.8 Å². The molecule has 2 amide bonds. The Morgan fingerprint density at radius 3 is 2.55 bits per heavy atom. The highest BCUT2D eigenvalue weighted by Gasteiger charge is 2.37. The van der Waals surface area contributed by atoms with E-state index < -0.39 is 17.2 Å². The number of thiazole rings is 1. The van der Waals surface area contributed by atoms with Crippen LogP contribution in [0.5, 0.6) is 0 Å². The van der Waals surface area contributed by atoms with Crippen molar-refractivity contribution in [1.82, 2.24) is 30.0 Å². The lowest BCUT2D eigenvalue weighted by atomic mass is 9.92. The standard InChI is InChI=1S/C32H38N6O5S/c1-7-37-24(16-22(17-25(37)39)28(40)38-15-11-14-23(38)27-33-20(2)19-44-27)26-35-36-29(42-26)32(6,18-21-12-9-8-10-13-21)34-30(41)43-31(3,4)5/h8-10,12-13,16-17,19,23H,7,11,14-15,18H2,1-6H3,(H,34,41)/t23-,32-/m1/s1. The molecule has 232 valence electrons. The number of carbonyl (C=O) groups is 2. The van der Waals surface area contributed by atoms with Gasteiger partial charge in [0.25, 0.3) is 17.4 Å². The van der Waals surface area contributed by atoms with Crippen molar-refractivity contribution in [2.45, 2.75) is 84.5 Å². The molecular weight excluding hydrogens is 580 g/mol. The average Bonchev–Trinajstić information content (AvgIpc) is 3.72. The van der Waals surface area contributed by atoms with E-state index in [1.54, 1.807) is 50.0 Å². The number of nitrogens with zero attached hydrogens (tertiary/aromatic N) is 5. The second-order valence-electron chi connectivity index (χ2n) is 12.2. The van der Waals surface area contributed by atoms with E-state index in [1.807, 2.05) is 49.6 Å². The third-order valence-electron chi connectivity index (χ3n) is 7.42. The molecule has 1 aliphatic rings. The van der Waals surface area contributed by atoms with E-state index in [2.05, 4.69) is 20.5 Å². The first-order valence-corrected chi connectivity index (χ1v) is 15.6. The van der Waals surface area contributed by atoms with Crippen LogP contribution in [0.15, 0.2) is 57.1 Å². The molecule has 1 N–H and O–H groups in total. The molecule has 11 nitrogen and oxygen atoms in total. The Morgan fingerprint density at radius 1 is 1.14 bits per heavy atom. The largest absolute Gasteiger partial charge is 0.444 e. The van der Waals surface area contributed by atoms with Crippen LogP contribution in [0, 0.1) is 6.92 Å². The van der Waals surface area contributed by atoms with E-state index in [-0.39, 0.29) is 34.9 Å². The summed E-state index contributed by atoms with van der Waals surface area (Å²) >= 11 is 1.54. The summed E-state index contributed by atoms with van der Waals surface area (Å²) in [6.07, 6.45) is 1.37. The van der Waals surface area contributed by atoms with E-state index in [0.29, 0.717) is 25.2 Å². The molecule has 0 saturated carbocycles. The molecule has 0 spiro atoms. The predicted octanol–water partition coefficient (Wildman–Crippen LogP) is 5.64. The maximum absolute atomic E-state index is 13.8. The summed E-state index contributed by atoms with van der Waals surface area (Å²) in [5.74, 6) is -0.0533. The SMILES string of the molecule is CCn1c(-c2nnc([C@@](C)(Cc3ccccc3)NC(=O)OC(C)(C)C)o2)cc(C(=O)N2CCC[C@@H]2c2nc(C)cs2)cc1=O. The minimum atomic E-state index is -1.14. The number of likely N-dealkylation sites (tertiary alicyclic amines) is 1. The van der Waals surface area contributed by atoms with Crippen molar-refractivity contribution in [1.29, 1.82) is 0 Å². The van der Waals surface area contributed by atoms with Gasteiger partial charge in [0.1, 0.15) is 21.8 Å². The smallest absolute Gasteiger partial charge is 0.408 e. The number of aryl methyl sites for hydroxylation is 1. The van der Waals surface area contributed by atoms with E-state index in [1.165, 1.54) is 10.6 Å². The normalized spacial score (nSPS) is 16.5. The lowest BCUT2D eigenvalue weighted by molar-refractivity contribution is 0.0443. The van der Waals surface area contributed by atoms with Gasteiger partial charge in [-0.2, -0.15) is 0 Å². The third-order valence-corrected chi connectivity index (χ3v) is 8.48. The molecule has 0 radical (unpaired) electrons. The molecule has 1 saturated heterocycles. The summed E-state index contributed by atoms with van der Waals surface area (Å²) < 4.78 is 13.2. The van der Waals surface area contributed by atoms with Gasteiger partial charge in [0.15, 0.2) is 0 Å². The van der Waals surface area contributed by atoms with Gasteiger partial charge in [-0.3, -0.25) is 9.59 Å². The van der Waals surface area contributed by atoms with Gasteiger partial charge in [-0.1, -0.05) is 30.3 Å². The summed E-state index contributed by atoms with van der Waals surface area (Å²) in [7, 11) is 0. The molecule has 1 aliphatic heterocycles. The van der Waals surface area contributed by atoms with E-state index in [0.717, 1.165) is 29.1 Å². The van der Waals surface area contributed by atoms with Gasteiger partial charge in [0.2, 0.25) is 5.89 Å². The first kappa shape index (κ1) is 31.1. The minimum absolute atomic E-state index is 0.0624. The molecule has 0 bridgehead atoms. The molecule has 44 heavy (non-hydrogen) atoms. The fraction of sp³-hybridized carbons (Fsp3) is 0.438. The Balaban J connectivity index is 1.50. The number of benzene rings is 1. The van der Waals surface area contributed by atoms with Crippen molar-refractivity contribution in [3.05, 3.63) is 85.9 Å². The number of pyridine rings is 1. The number of aromatic nitrogens is 4. The van der Waals surface area contributed by atoms with Crippen LogP contribution in [0.3, 0.4) is 0 Å². The molecule has 5 rings (SSSR count). The third kappa shape index (κ3) is 6.75. The Bertz CT molecular complexity index is 1710. The van der Waals surface area contributed by atoms with Crippen LogP contribution in [0.25, 0.3) is 11.6 Å². The maximum Gasteiger partial charge on any atom is 0.408 e. The summed E-state index contributed by atoms with van der Waals surface area (Å²) in [5.41, 5.74) is 0.205. The zero-order valence-corrected chi connectivity index (χ0v) is 26.7. The van der Waals surface area contributed by atoms with Crippen LogP contribution in [0.2, 0.25) is 0 Å². The van der Waals surface area contributed by atoms with Crippen LogP contribution < -0.4 is 10.9 Å². The van der Waals surface area contributed by atoms with Gasteiger partial charge in [0, 0.05) is 42.2 Å². The lowest BCUT2D eigenvalue weighted by Crippen LogP contribution is -2.47. The Morgan fingerprint density at radius 2 is 1.89 bits per heavy atom. The predicted molar refractivity (Wildman–Crippen MR) is 166 cm³/mol. The summed E-state index contributed by atoms with van der Waals surface area (Å²) in [6.45, 7) is 11.8. The minimum Gasteiger partial charge on any atom is -0.444 e.